The standard InChI is InChI=1S/C63H118O5/c1-4-7-10-13-16-19-22-25-28-30-31-32-33-34-36-39-42-45-48-51-54-57-63(65)68-60-61(66-58-55-52-49-46-43-40-37-29-26-23-20-17-14-11-8-5-2)59-67-62(64)56-53-50-47-44-41-38-35-27-24-21-18-15-12-9-6-3/h18,21,25,27-28,35,61H,4-17,19-20,22-24,26,29-34,36-60H2,1-3H3/b21-18-,28-25-,35-27-/t61-/m1/s1. The first-order valence-electron chi connectivity index (χ1n) is 30.5. The van der Waals surface area contributed by atoms with Crippen LogP contribution in [-0.4, -0.2) is 37.9 Å². The fourth-order valence-electron chi connectivity index (χ4n) is 9.04. The highest BCUT2D eigenvalue weighted by Gasteiger charge is 2.16. The molecular weight excluding hydrogens is 837 g/mol. The van der Waals surface area contributed by atoms with Crippen LogP contribution in [0.3, 0.4) is 0 Å². The lowest BCUT2D eigenvalue weighted by atomic mass is 10.0. The van der Waals surface area contributed by atoms with Crippen LogP contribution in [0.2, 0.25) is 0 Å². The average Bonchev–Trinajstić information content (AvgIpc) is 3.34. The fourth-order valence-corrected chi connectivity index (χ4v) is 9.04. The van der Waals surface area contributed by atoms with Gasteiger partial charge in [-0.1, -0.05) is 276 Å². The Morgan fingerprint density at radius 3 is 0.897 bits per heavy atom. The first-order valence-corrected chi connectivity index (χ1v) is 30.5. The molecule has 0 aliphatic heterocycles. The van der Waals surface area contributed by atoms with E-state index in [0.717, 1.165) is 57.8 Å². The number of carbonyl (C=O) groups excluding carboxylic acids is 2. The van der Waals surface area contributed by atoms with Crippen molar-refractivity contribution in [3.05, 3.63) is 36.5 Å². The van der Waals surface area contributed by atoms with E-state index in [1.807, 2.05) is 0 Å². The molecule has 0 bridgehead atoms. The molecule has 0 aromatic carbocycles. The topological polar surface area (TPSA) is 61.8 Å². The molecule has 0 rings (SSSR count). The van der Waals surface area contributed by atoms with E-state index < -0.39 is 6.10 Å². The lowest BCUT2D eigenvalue weighted by molar-refractivity contribution is -0.155. The summed E-state index contributed by atoms with van der Waals surface area (Å²) in [5.74, 6) is -0.332. The highest BCUT2D eigenvalue weighted by atomic mass is 16.6. The van der Waals surface area contributed by atoms with Crippen molar-refractivity contribution >= 4 is 11.9 Å². The Hall–Kier alpha value is -1.88. The number of rotatable bonds is 57. The summed E-state index contributed by atoms with van der Waals surface area (Å²) in [7, 11) is 0. The number of ether oxygens (including phenoxy) is 3. The number of carbonyl (C=O) groups is 2. The van der Waals surface area contributed by atoms with Gasteiger partial charge in [0.1, 0.15) is 19.3 Å². The zero-order valence-corrected chi connectivity index (χ0v) is 46.1. The summed E-state index contributed by atoms with van der Waals surface area (Å²) in [6.45, 7) is 7.75. The summed E-state index contributed by atoms with van der Waals surface area (Å²) in [5.41, 5.74) is 0. The quantitative estimate of drug-likeness (QED) is 0.0345. The highest BCUT2D eigenvalue weighted by molar-refractivity contribution is 5.69. The van der Waals surface area contributed by atoms with Crippen molar-refractivity contribution in [1.29, 1.82) is 0 Å². The first-order chi connectivity index (χ1) is 33.6. The van der Waals surface area contributed by atoms with Crippen molar-refractivity contribution in [1.82, 2.24) is 0 Å². The van der Waals surface area contributed by atoms with Crippen LogP contribution >= 0.6 is 0 Å². The molecular formula is C63H118O5. The lowest BCUT2D eigenvalue weighted by Crippen LogP contribution is -2.29. The molecule has 5 heteroatoms. The molecule has 0 aromatic rings. The number of hydrogen-bond acceptors (Lipinski definition) is 5. The molecule has 0 spiro atoms. The molecule has 0 aliphatic rings. The Morgan fingerprint density at radius 1 is 0.309 bits per heavy atom. The molecule has 400 valence electrons. The summed E-state index contributed by atoms with van der Waals surface area (Å²) < 4.78 is 17.5. The van der Waals surface area contributed by atoms with Gasteiger partial charge in [-0.15, -0.1) is 0 Å². The van der Waals surface area contributed by atoms with Gasteiger partial charge in [0.05, 0.1) is 0 Å². The zero-order chi connectivity index (χ0) is 49.2. The molecule has 68 heavy (non-hydrogen) atoms. The Bertz CT molecular complexity index is 1080. The SMILES string of the molecule is CCCCC/C=C\C/C=C\CCCCCCCC(=O)OC[C@H](COC(=O)CCCCCCCCCCCCC/C=C\CCCCCCCC)OCCCCCCCCCCCCCCCCCC. The molecule has 0 amide bonds. The second-order valence-electron chi connectivity index (χ2n) is 20.6. The maximum Gasteiger partial charge on any atom is 0.305 e. The van der Waals surface area contributed by atoms with Crippen molar-refractivity contribution < 1.29 is 23.8 Å². The van der Waals surface area contributed by atoms with Crippen LogP contribution in [0, 0.1) is 0 Å². The summed E-state index contributed by atoms with van der Waals surface area (Å²) in [5, 5.41) is 0. The van der Waals surface area contributed by atoms with Crippen LogP contribution in [0.4, 0.5) is 0 Å². The van der Waals surface area contributed by atoms with E-state index in [2.05, 4.69) is 57.2 Å². The van der Waals surface area contributed by atoms with Crippen molar-refractivity contribution in [3.8, 4) is 0 Å². The van der Waals surface area contributed by atoms with Gasteiger partial charge in [-0.05, 0) is 77.0 Å². The molecule has 0 aromatic heterocycles. The first kappa shape index (κ1) is 66.1. The number of hydrogen-bond donors (Lipinski definition) is 0. The molecule has 0 unspecified atom stereocenters. The third-order valence-corrected chi connectivity index (χ3v) is 13.7. The minimum absolute atomic E-state index is 0.155. The highest BCUT2D eigenvalue weighted by Crippen LogP contribution is 2.17. The number of esters is 2. The van der Waals surface area contributed by atoms with E-state index in [4.69, 9.17) is 14.2 Å². The predicted molar refractivity (Wildman–Crippen MR) is 298 cm³/mol. The number of unbranched alkanes of at least 4 members (excludes halogenated alkanes) is 40. The fraction of sp³-hybridized carbons (Fsp3) is 0.873. The van der Waals surface area contributed by atoms with Gasteiger partial charge in [-0.2, -0.15) is 0 Å². The van der Waals surface area contributed by atoms with Crippen LogP contribution in [0.1, 0.15) is 329 Å². The monoisotopic (exact) mass is 955 g/mol. The Morgan fingerprint density at radius 2 is 0.559 bits per heavy atom. The minimum atomic E-state index is -0.402. The Kier molecular flexibility index (Phi) is 57.8. The maximum absolute atomic E-state index is 12.7. The smallest absolute Gasteiger partial charge is 0.305 e. The van der Waals surface area contributed by atoms with Crippen molar-refractivity contribution in [2.24, 2.45) is 0 Å². The van der Waals surface area contributed by atoms with Crippen LogP contribution in [0.25, 0.3) is 0 Å². The van der Waals surface area contributed by atoms with E-state index in [-0.39, 0.29) is 25.2 Å². The van der Waals surface area contributed by atoms with Gasteiger partial charge in [0.2, 0.25) is 0 Å². The summed E-state index contributed by atoms with van der Waals surface area (Å²) in [4.78, 5) is 25.4. The summed E-state index contributed by atoms with van der Waals surface area (Å²) in [6.07, 6.45) is 73.4. The number of allylic oxidation sites excluding steroid dienone is 6. The minimum Gasteiger partial charge on any atom is -0.463 e. The second-order valence-corrected chi connectivity index (χ2v) is 20.6. The van der Waals surface area contributed by atoms with Crippen LogP contribution in [-0.2, 0) is 23.8 Å². The Balaban J connectivity index is 4.21. The van der Waals surface area contributed by atoms with E-state index in [0.29, 0.717) is 19.4 Å². The molecule has 0 saturated carbocycles. The maximum atomic E-state index is 12.7. The third kappa shape index (κ3) is 56.7. The zero-order valence-electron chi connectivity index (χ0n) is 46.1. The van der Waals surface area contributed by atoms with E-state index >= 15 is 0 Å². The van der Waals surface area contributed by atoms with Crippen molar-refractivity contribution in [2.45, 2.75) is 335 Å². The largest absolute Gasteiger partial charge is 0.463 e. The summed E-state index contributed by atoms with van der Waals surface area (Å²) >= 11 is 0. The van der Waals surface area contributed by atoms with E-state index in [1.54, 1.807) is 0 Å². The lowest BCUT2D eigenvalue weighted by Gasteiger charge is -2.18. The molecule has 0 aliphatic carbocycles. The van der Waals surface area contributed by atoms with E-state index in [9.17, 15) is 9.59 Å². The molecule has 0 saturated heterocycles. The normalized spacial score (nSPS) is 12.3. The third-order valence-electron chi connectivity index (χ3n) is 13.7. The van der Waals surface area contributed by atoms with Gasteiger partial charge in [-0.25, -0.2) is 0 Å². The van der Waals surface area contributed by atoms with Gasteiger partial charge < -0.3 is 14.2 Å². The molecule has 1 atom stereocenters. The van der Waals surface area contributed by atoms with Crippen LogP contribution < -0.4 is 0 Å². The predicted octanol–water partition coefficient (Wildman–Crippen LogP) is 20.9. The second kappa shape index (κ2) is 59.4. The molecule has 0 N–H and O–H groups in total. The van der Waals surface area contributed by atoms with Gasteiger partial charge >= 0.3 is 11.9 Å². The van der Waals surface area contributed by atoms with Gasteiger partial charge in [0.15, 0.2) is 0 Å². The van der Waals surface area contributed by atoms with Crippen molar-refractivity contribution in [3.63, 3.8) is 0 Å². The van der Waals surface area contributed by atoms with Gasteiger partial charge in [0, 0.05) is 19.4 Å². The molecule has 0 fully saturated rings. The van der Waals surface area contributed by atoms with Gasteiger partial charge in [-0.3, -0.25) is 9.59 Å². The average molecular weight is 956 g/mol. The van der Waals surface area contributed by atoms with Crippen LogP contribution in [0.15, 0.2) is 36.5 Å². The Labute approximate surface area is 425 Å². The molecule has 5 nitrogen and oxygen atoms in total. The molecule has 0 radical (unpaired) electrons. The van der Waals surface area contributed by atoms with E-state index in [1.165, 1.54) is 238 Å². The summed E-state index contributed by atoms with van der Waals surface area (Å²) in [6, 6.07) is 0. The molecule has 0 heterocycles. The van der Waals surface area contributed by atoms with Gasteiger partial charge in [0.25, 0.3) is 0 Å². The van der Waals surface area contributed by atoms with Crippen LogP contribution in [0.5, 0.6) is 0 Å². The van der Waals surface area contributed by atoms with Crippen molar-refractivity contribution in [2.75, 3.05) is 19.8 Å².